The number of carbonyl (C=O) groups excluding carboxylic acids is 2. The predicted molar refractivity (Wildman–Crippen MR) is 93.2 cm³/mol. The number of tetrazole rings is 1. The maximum atomic E-state index is 13.4. The number of carbonyl (C=O) groups is 2. The molecule has 0 aliphatic heterocycles. The first-order chi connectivity index (χ1) is 12.5. The maximum Gasteiger partial charge on any atom is 0.328 e. The van der Waals surface area contributed by atoms with Crippen molar-refractivity contribution >= 4 is 23.6 Å². The minimum absolute atomic E-state index is 0.000379. The van der Waals surface area contributed by atoms with Gasteiger partial charge in [-0.3, -0.25) is 4.79 Å². The molecular formula is C16H20FN5O3S. The van der Waals surface area contributed by atoms with E-state index in [9.17, 15) is 14.0 Å². The molecule has 2 atom stereocenters. The van der Waals surface area contributed by atoms with E-state index in [0.29, 0.717) is 17.3 Å². The van der Waals surface area contributed by atoms with Gasteiger partial charge in [0, 0.05) is 0 Å². The summed E-state index contributed by atoms with van der Waals surface area (Å²) in [5, 5.41) is 14.2. The first kappa shape index (κ1) is 19.8. The third-order valence-corrected chi connectivity index (χ3v) is 4.73. The largest absolute Gasteiger partial charge is 0.467 e. The second kappa shape index (κ2) is 9.27. The van der Waals surface area contributed by atoms with E-state index in [0.717, 1.165) is 11.8 Å². The molecule has 0 bridgehead atoms. The van der Waals surface area contributed by atoms with E-state index < -0.39 is 17.8 Å². The molecule has 0 aliphatic carbocycles. The highest BCUT2D eigenvalue weighted by molar-refractivity contribution is 7.99. The average Bonchev–Trinajstić information content (AvgIpc) is 3.11. The molecule has 0 saturated carbocycles. The number of hydrogen-bond donors (Lipinski definition) is 1. The van der Waals surface area contributed by atoms with Gasteiger partial charge in [0.15, 0.2) is 0 Å². The lowest BCUT2D eigenvalue weighted by Crippen LogP contribution is -2.46. The monoisotopic (exact) mass is 381 g/mol. The lowest BCUT2D eigenvalue weighted by Gasteiger charge is -2.21. The maximum absolute atomic E-state index is 13.4. The normalized spacial score (nSPS) is 13.1. The van der Waals surface area contributed by atoms with Gasteiger partial charge in [0.2, 0.25) is 11.1 Å². The van der Waals surface area contributed by atoms with Crippen LogP contribution >= 0.6 is 11.8 Å². The van der Waals surface area contributed by atoms with Crippen LogP contribution in [0.25, 0.3) is 5.69 Å². The fourth-order valence-electron chi connectivity index (χ4n) is 2.18. The molecule has 1 aromatic carbocycles. The van der Waals surface area contributed by atoms with Gasteiger partial charge in [-0.2, -0.15) is 4.68 Å². The Morgan fingerprint density at radius 1 is 1.42 bits per heavy atom. The minimum atomic E-state index is -0.711. The van der Waals surface area contributed by atoms with Crippen molar-refractivity contribution in [3.8, 4) is 5.69 Å². The quantitative estimate of drug-likeness (QED) is 0.548. The zero-order chi connectivity index (χ0) is 19.1. The van der Waals surface area contributed by atoms with Gasteiger partial charge < -0.3 is 10.1 Å². The van der Waals surface area contributed by atoms with Crippen LogP contribution in [-0.4, -0.2) is 51.0 Å². The Bertz CT molecular complexity index is 770. The van der Waals surface area contributed by atoms with E-state index in [1.807, 2.05) is 13.8 Å². The van der Waals surface area contributed by atoms with E-state index in [2.05, 4.69) is 20.8 Å². The summed E-state index contributed by atoms with van der Waals surface area (Å²) >= 11 is 1.08. The SMILES string of the molecule is CCC(C)C(NC(=O)CSc1nnnn1-c1cccc(F)c1)C(=O)OC. The van der Waals surface area contributed by atoms with Crippen LogP contribution < -0.4 is 5.32 Å². The number of aromatic nitrogens is 4. The molecule has 0 fully saturated rings. The summed E-state index contributed by atoms with van der Waals surface area (Å²) in [6.45, 7) is 3.79. The van der Waals surface area contributed by atoms with Crippen molar-refractivity contribution in [1.82, 2.24) is 25.5 Å². The van der Waals surface area contributed by atoms with Crippen molar-refractivity contribution in [3.63, 3.8) is 0 Å². The molecule has 2 unspecified atom stereocenters. The lowest BCUT2D eigenvalue weighted by molar-refractivity contribution is -0.146. The average molecular weight is 381 g/mol. The Morgan fingerprint density at radius 2 is 2.19 bits per heavy atom. The van der Waals surface area contributed by atoms with Crippen LogP contribution in [0.1, 0.15) is 20.3 Å². The van der Waals surface area contributed by atoms with Gasteiger partial charge in [-0.1, -0.05) is 38.1 Å². The van der Waals surface area contributed by atoms with Crippen molar-refractivity contribution in [2.75, 3.05) is 12.9 Å². The molecule has 1 amide bonds. The summed E-state index contributed by atoms with van der Waals surface area (Å²) < 4.78 is 19.5. The van der Waals surface area contributed by atoms with Crippen molar-refractivity contribution in [1.29, 1.82) is 0 Å². The molecule has 0 spiro atoms. The summed E-state index contributed by atoms with van der Waals surface area (Å²) in [6, 6.07) is 5.09. The van der Waals surface area contributed by atoms with Gasteiger partial charge in [-0.25, -0.2) is 9.18 Å². The highest BCUT2D eigenvalue weighted by Crippen LogP contribution is 2.19. The number of ether oxygens (including phenoxy) is 1. The highest BCUT2D eigenvalue weighted by atomic mass is 32.2. The molecule has 2 rings (SSSR count). The molecule has 1 aromatic heterocycles. The summed E-state index contributed by atoms with van der Waals surface area (Å²) in [4.78, 5) is 24.0. The number of methoxy groups -OCH3 is 1. The zero-order valence-electron chi connectivity index (χ0n) is 14.7. The topological polar surface area (TPSA) is 99.0 Å². The molecule has 26 heavy (non-hydrogen) atoms. The number of esters is 1. The van der Waals surface area contributed by atoms with E-state index >= 15 is 0 Å². The van der Waals surface area contributed by atoms with Crippen LogP contribution in [0.2, 0.25) is 0 Å². The number of nitrogens with zero attached hydrogens (tertiary/aromatic N) is 4. The Morgan fingerprint density at radius 3 is 2.85 bits per heavy atom. The Hall–Kier alpha value is -2.49. The van der Waals surface area contributed by atoms with Crippen LogP contribution in [0.4, 0.5) is 4.39 Å². The first-order valence-corrected chi connectivity index (χ1v) is 8.99. The number of rotatable bonds is 8. The zero-order valence-corrected chi connectivity index (χ0v) is 15.5. The van der Waals surface area contributed by atoms with Gasteiger partial charge in [-0.05, 0) is 34.5 Å². The van der Waals surface area contributed by atoms with Crippen molar-refractivity contribution in [2.45, 2.75) is 31.5 Å². The molecular weight excluding hydrogens is 361 g/mol. The Balaban J connectivity index is 2.02. The molecule has 0 aliphatic rings. The van der Waals surface area contributed by atoms with Crippen LogP contribution in [-0.2, 0) is 14.3 Å². The number of halogens is 1. The number of nitrogens with one attached hydrogen (secondary N) is 1. The van der Waals surface area contributed by atoms with E-state index in [4.69, 9.17) is 4.74 Å². The van der Waals surface area contributed by atoms with Crippen LogP contribution in [0, 0.1) is 11.7 Å². The summed E-state index contributed by atoms with van der Waals surface area (Å²) in [5.74, 6) is -1.31. The number of hydrogen-bond acceptors (Lipinski definition) is 7. The predicted octanol–water partition coefficient (Wildman–Crippen LogP) is 1.60. The summed E-state index contributed by atoms with van der Waals surface area (Å²) in [6.07, 6.45) is 0.713. The van der Waals surface area contributed by atoms with Crippen LogP contribution in [0.15, 0.2) is 29.4 Å². The fraction of sp³-hybridized carbons (Fsp3) is 0.438. The standard InChI is InChI=1S/C16H20FN5O3S/c1-4-10(2)14(15(24)25-3)18-13(23)9-26-16-19-20-21-22(16)12-7-5-6-11(17)8-12/h5-8,10,14H,4,9H2,1-3H3,(H,18,23). The van der Waals surface area contributed by atoms with Gasteiger partial charge >= 0.3 is 5.97 Å². The van der Waals surface area contributed by atoms with Crippen molar-refractivity contribution < 1.29 is 18.7 Å². The molecule has 140 valence electrons. The molecule has 1 heterocycles. The van der Waals surface area contributed by atoms with Gasteiger partial charge in [-0.15, -0.1) is 5.10 Å². The minimum Gasteiger partial charge on any atom is -0.467 e. The smallest absolute Gasteiger partial charge is 0.328 e. The van der Waals surface area contributed by atoms with E-state index in [1.165, 1.54) is 23.9 Å². The summed E-state index contributed by atoms with van der Waals surface area (Å²) in [5.41, 5.74) is 0.449. The Kier molecular flexibility index (Phi) is 7.07. The van der Waals surface area contributed by atoms with E-state index in [-0.39, 0.29) is 17.6 Å². The molecule has 8 nitrogen and oxygen atoms in total. The molecule has 1 N–H and O–H groups in total. The van der Waals surface area contributed by atoms with Gasteiger partial charge in [0.05, 0.1) is 18.6 Å². The number of benzene rings is 1. The lowest BCUT2D eigenvalue weighted by atomic mass is 9.99. The third kappa shape index (κ3) is 5.01. The molecule has 10 heteroatoms. The molecule has 2 aromatic rings. The number of thioether (sulfide) groups is 1. The second-order valence-corrected chi connectivity index (χ2v) is 6.54. The van der Waals surface area contributed by atoms with Gasteiger partial charge in [0.25, 0.3) is 0 Å². The van der Waals surface area contributed by atoms with Crippen molar-refractivity contribution in [3.05, 3.63) is 30.1 Å². The second-order valence-electron chi connectivity index (χ2n) is 5.60. The van der Waals surface area contributed by atoms with E-state index in [1.54, 1.807) is 12.1 Å². The number of amides is 1. The Labute approximate surface area is 154 Å². The van der Waals surface area contributed by atoms with Gasteiger partial charge in [0.1, 0.15) is 11.9 Å². The summed E-state index contributed by atoms with van der Waals surface area (Å²) in [7, 11) is 1.28. The molecule has 0 saturated heterocycles. The third-order valence-electron chi connectivity index (χ3n) is 3.81. The first-order valence-electron chi connectivity index (χ1n) is 8.00. The highest BCUT2D eigenvalue weighted by Gasteiger charge is 2.26. The fourth-order valence-corrected chi connectivity index (χ4v) is 2.88. The molecule has 0 radical (unpaired) electrons. The van der Waals surface area contributed by atoms with Crippen molar-refractivity contribution in [2.24, 2.45) is 5.92 Å². The van der Waals surface area contributed by atoms with Crippen LogP contribution in [0.3, 0.4) is 0 Å². The van der Waals surface area contributed by atoms with Crippen LogP contribution in [0.5, 0.6) is 0 Å².